The first kappa shape index (κ1) is 17.7. The summed E-state index contributed by atoms with van der Waals surface area (Å²) in [4.78, 5) is 21.5. The van der Waals surface area contributed by atoms with Crippen LogP contribution in [0.1, 0.15) is 36.2 Å². The van der Waals surface area contributed by atoms with Crippen molar-refractivity contribution >= 4 is 5.91 Å². The molecule has 1 aromatic heterocycles. The molecule has 1 aliphatic carbocycles. The molecule has 0 spiro atoms. The van der Waals surface area contributed by atoms with Crippen LogP contribution in [-0.2, 0) is 11.2 Å². The Morgan fingerprint density at radius 3 is 2.78 bits per heavy atom. The lowest BCUT2D eigenvalue weighted by Gasteiger charge is -2.19. The van der Waals surface area contributed by atoms with Crippen molar-refractivity contribution in [1.82, 2.24) is 15.3 Å². The molecule has 2 aromatic rings. The number of nitrogens with zero attached hydrogens (tertiary/aromatic N) is 2. The second kappa shape index (κ2) is 7.51. The molecule has 0 saturated heterocycles. The van der Waals surface area contributed by atoms with Crippen molar-refractivity contribution in [3.05, 3.63) is 53.4 Å². The van der Waals surface area contributed by atoms with Gasteiger partial charge in [0.2, 0.25) is 5.91 Å². The number of aromatic nitrogens is 2. The summed E-state index contributed by atoms with van der Waals surface area (Å²) in [6, 6.07) is 8.07. The van der Waals surface area contributed by atoms with Gasteiger partial charge in [0.05, 0.1) is 12.1 Å². The molecule has 140 valence electrons. The second-order valence-electron chi connectivity index (χ2n) is 7.44. The summed E-state index contributed by atoms with van der Waals surface area (Å²) in [5.74, 6) is 1.78. The highest BCUT2D eigenvalue weighted by molar-refractivity contribution is 5.79. The van der Waals surface area contributed by atoms with E-state index in [0.717, 1.165) is 53.9 Å². The molecule has 4 rings (SSSR count). The van der Waals surface area contributed by atoms with E-state index < -0.39 is 0 Å². The van der Waals surface area contributed by atoms with Crippen LogP contribution in [0.3, 0.4) is 0 Å². The zero-order chi connectivity index (χ0) is 18.8. The van der Waals surface area contributed by atoms with Crippen molar-refractivity contribution in [2.24, 2.45) is 5.92 Å². The Morgan fingerprint density at radius 2 is 2.04 bits per heavy atom. The maximum Gasteiger partial charge on any atom is 0.223 e. The van der Waals surface area contributed by atoms with Gasteiger partial charge in [-0.3, -0.25) is 4.79 Å². The number of para-hydroxylation sites is 1. The Balaban J connectivity index is 1.46. The highest BCUT2D eigenvalue weighted by Crippen LogP contribution is 2.37. The molecule has 27 heavy (non-hydrogen) atoms. The molecule has 1 aliphatic heterocycles. The predicted octanol–water partition coefficient (Wildman–Crippen LogP) is 3.54. The number of amides is 1. The van der Waals surface area contributed by atoms with Gasteiger partial charge in [0.15, 0.2) is 5.82 Å². The summed E-state index contributed by atoms with van der Waals surface area (Å²) in [6.45, 7) is 4.48. The monoisotopic (exact) mass is 363 g/mol. The summed E-state index contributed by atoms with van der Waals surface area (Å²) < 4.78 is 6.20. The van der Waals surface area contributed by atoms with Gasteiger partial charge in [-0.05, 0) is 50.8 Å². The van der Waals surface area contributed by atoms with E-state index in [1.165, 1.54) is 0 Å². The lowest BCUT2D eigenvalue weighted by molar-refractivity contribution is -0.125. The Labute approximate surface area is 159 Å². The van der Waals surface area contributed by atoms with Crippen LogP contribution in [0.5, 0.6) is 5.75 Å². The average Bonchev–Trinajstić information content (AvgIpc) is 3.09. The molecule has 0 saturated carbocycles. The smallest absolute Gasteiger partial charge is 0.223 e. The molecule has 0 fully saturated rings. The van der Waals surface area contributed by atoms with E-state index in [1.807, 2.05) is 32.0 Å². The van der Waals surface area contributed by atoms with Gasteiger partial charge in [0.1, 0.15) is 11.9 Å². The molecule has 1 N–H and O–H groups in total. The first-order valence-corrected chi connectivity index (χ1v) is 9.64. The molecule has 2 heterocycles. The summed E-state index contributed by atoms with van der Waals surface area (Å²) in [5, 5.41) is 3.08. The number of hydrogen-bond acceptors (Lipinski definition) is 4. The number of hydrogen-bond donors (Lipinski definition) is 1. The van der Waals surface area contributed by atoms with Gasteiger partial charge in [-0.15, -0.1) is 0 Å². The zero-order valence-electron chi connectivity index (χ0n) is 15.9. The Kier molecular flexibility index (Phi) is 4.92. The van der Waals surface area contributed by atoms with Crippen LogP contribution in [0.25, 0.3) is 11.4 Å². The van der Waals surface area contributed by atoms with Crippen LogP contribution >= 0.6 is 0 Å². The Morgan fingerprint density at radius 1 is 1.22 bits per heavy atom. The third-order valence-corrected chi connectivity index (χ3v) is 5.20. The van der Waals surface area contributed by atoms with E-state index >= 15 is 0 Å². The summed E-state index contributed by atoms with van der Waals surface area (Å²) in [5.41, 5.74) is 3.96. The van der Waals surface area contributed by atoms with Crippen molar-refractivity contribution in [2.75, 3.05) is 6.54 Å². The molecule has 0 bridgehead atoms. The largest absolute Gasteiger partial charge is 0.487 e. The first-order chi connectivity index (χ1) is 13.1. The van der Waals surface area contributed by atoms with Crippen molar-refractivity contribution in [1.29, 1.82) is 0 Å². The van der Waals surface area contributed by atoms with Gasteiger partial charge < -0.3 is 10.1 Å². The van der Waals surface area contributed by atoms with Crippen LogP contribution in [0.4, 0.5) is 0 Å². The fraction of sp³-hybridized carbons (Fsp3) is 0.409. The van der Waals surface area contributed by atoms with Crippen molar-refractivity contribution in [3.63, 3.8) is 0 Å². The highest BCUT2D eigenvalue weighted by Gasteiger charge is 2.28. The summed E-state index contributed by atoms with van der Waals surface area (Å²) >= 11 is 0. The van der Waals surface area contributed by atoms with Gasteiger partial charge in [0, 0.05) is 23.7 Å². The number of aryl methyl sites for hydroxylation is 2. The van der Waals surface area contributed by atoms with Crippen LogP contribution in [0, 0.1) is 19.8 Å². The Hall–Kier alpha value is -2.69. The Bertz CT molecular complexity index is 871. The highest BCUT2D eigenvalue weighted by atomic mass is 16.5. The molecule has 5 heteroatoms. The SMILES string of the molecule is Cc1cc(C)nc(-c2cccc3c2O[C@H](CNC(=O)[C@@H]2CC=CCC2)C3)n1. The third-order valence-electron chi connectivity index (χ3n) is 5.20. The summed E-state index contributed by atoms with van der Waals surface area (Å²) in [6.07, 6.45) is 7.76. The molecule has 2 aliphatic rings. The standard InChI is InChI=1S/C22H25N3O2/c1-14-11-15(2)25-21(24-14)19-10-6-9-17-12-18(27-20(17)19)13-23-22(26)16-7-4-3-5-8-16/h3-4,6,9-11,16,18H,5,7-8,12-13H2,1-2H3,(H,23,26)/t16-,18+/m1/s1. The van der Waals surface area contributed by atoms with Gasteiger partial charge >= 0.3 is 0 Å². The number of ether oxygens (including phenoxy) is 1. The summed E-state index contributed by atoms with van der Waals surface area (Å²) in [7, 11) is 0. The fourth-order valence-corrected chi connectivity index (χ4v) is 3.87. The number of carbonyl (C=O) groups excluding carboxylic acids is 1. The maximum atomic E-state index is 12.4. The van der Waals surface area contributed by atoms with Crippen LogP contribution in [0.15, 0.2) is 36.4 Å². The van der Waals surface area contributed by atoms with Crippen molar-refractivity contribution < 1.29 is 9.53 Å². The number of nitrogens with one attached hydrogen (secondary N) is 1. The van der Waals surface area contributed by atoms with Crippen LogP contribution < -0.4 is 10.1 Å². The quantitative estimate of drug-likeness (QED) is 0.844. The first-order valence-electron chi connectivity index (χ1n) is 9.64. The zero-order valence-corrected chi connectivity index (χ0v) is 15.9. The number of benzene rings is 1. The van der Waals surface area contributed by atoms with Crippen molar-refractivity contribution in [2.45, 2.75) is 45.6 Å². The van der Waals surface area contributed by atoms with E-state index in [0.29, 0.717) is 12.4 Å². The van der Waals surface area contributed by atoms with E-state index in [9.17, 15) is 4.79 Å². The van der Waals surface area contributed by atoms with Crippen molar-refractivity contribution in [3.8, 4) is 17.1 Å². The number of fused-ring (bicyclic) bond motifs is 1. The van der Waals surface area contributed by atoms with Gasteiger partial charge in [-0.2, -0.15) is 0 Å². The second-order valence-corrected chi connectivity index (χ2v) is 7.44. The van der Waals surface area contributed by atoms with E-state index in [2.05, 4.69) is 33.5 Å². The normalized spacial score (nSPS) is 20.8. The number of rotatable bonds is 4. The predicted molar refractivity (Wildman–Crippen MR) is 105 cm³/mol. The molecular formula is C22H25N3O2. The molecule has 0 radical (unpaired) electrons. The van der Waals surface area contributed by atoms with Crippen LogP contribution in [0.2, 0.25) is 0 Å². The molecule has 1 aromatic carbocycles. The third kappa shape index (κ3) is 3.87. The minimum Gasteiger partial charge on any atom is -0.487 e. The van der Waals surface area contributed by atoms with E-state index in [1.54, 1.807) is 0 Å². The lowest BCUT2D eigenvalue weighted by Crippen LogP contribution is -2.38. The van der Waals surface area contributed by atoms with E-state index in [4.69, 9.17) is 4.74 Å². The van der Waals surface area contributed by atoms with Gasteiger partial charge in [0.25, 0.3) is 0 Å². The van der Waals surface area contributed by atoms with E-state index in [-0.39, 0.29) is 17.9 Å². The topological polar surface area (TPSA) is 64.1 Å². The fourth-order valence-electron chi connectivity index (χ4n) is 3.87. The molecular weight excluding hydrogens is 338 g/mol. The molecule has 1 amide bonds. The maximum absolute atomic E-state index is 12.4. The number of allylic oxidation sites excluding steroid dienone is 2. The van der Waals surface area contributed by atoms with Gasteiger partial charge in [-0.1, -0.05) is 24.3 Å². The average molecular weight is 363 g/mol. The minimum absolute atomic E-state index is 0.0462. The minimum atomic E-state index is -0.0462. The van der Waals surface area contributed by atoms with Crippen LogP contribution in [-0.4, -0.2) is 28.5 Å². The number of carbonyl (C=O) groups is 1. The lowest BCUT2D eigenvalue weighted by atomic mass is 9.93. The molecule has 2 atom stereocenters. The molecule has 5 nitrogen and oxygen atoms in total. The molecule has 0 unspecified atom stereocenters. The van der Waals surface area contributed by atoms with Gasteiger partial charge in [-0.25, -0.2) is 9.97 Å².